The Kier molecular flexibility index (Phi) is 4.30. The fraction of sp³-hybridized carbons (Fsp3) is 0.250. The summed E-state index contributed by atoms with van der Waals surface area (Å²) >= 11 is 1.36. The SMILES string of the molecule is CN(CC(=O)NCc1cnc[nH]1)C(=O)c1cccs1. The van der Waals surface area contributed by atoms with Crippen molar-refractivity contribution in [1.82, 2.24) is 20.2 Å². The van der Waals surface area contributed by atoms with Crippen molar-refractivity contribution >= 4 is 23.2 Å². The van der Waals surface area contributed by atoms with Gasteiger partial charge in [-0.1, -0.05) is 6.07 Å². The third-order valence-electron chi connectivity index (χ3n) is 2.49. The maximum atomic E-state index is 11.9. The molecule has 100 valence electrons. The van der Waals surface area contributed by atoms with E-state index in [1.165, 1.54) is 16.2 Å². The lowest BCUT2D eigenvalue weighted by atomic mass is 10.4. The molecule has 0 spiro atoms. The molecule has 0 radical (unpaired) electrons. The molecule has 0 aliphatic carbocycles. The van der Waals surface area contributed by atoms with Gasteiger partial charge in [0.1, 0.15) is 0 Å². The van der Waals surface area contributed by atoms with Gasteiger partial charge < -0.3 is 15.2 Å². The van der Waals surface area contributed by atoms with E-state index < -0.39 is 0 Å². The van der Waals surface area contributed by atoms with Crippen molar-refractivity contribution in [3.63, 3.8) is 0 Å². The largest absolute Gasteiger partial charge is 0.349 e. The number of likely N-dealkylation sites (N-methyl/N-ethyl adjacent to an activating group) is 1. The summed E-state index contributed by atoms with van der Waals surface area (Å²) in [5, 5.41) is 4.55. The van der Waals surface area contributed by atoms with Crippen molar-refractivity contribution in [3.8, 4) is 0 Å². The zero-order chi connectivity index (χ0) is 13.7. The van der Waals surface area contributed by atoms with Crippen molar-refractivity contribution < 1.29 is 9.59 Å². The highest BCUT2D eigenvalue weighted by atomic mass is 32.1. The van der Waals surface area contributed by atoms with Gasteiger partial charge in [0.2, 0.25) is 5.91 Å². The average molecular weight is 278 g/mol. The Labute approximate surface area is 114 Å². The first kappa shape index (κ1) is 13.3. The lowest BCUT2D eigenvalue weighted by Gasteiger charge is -2.15. The van der Waals surface area contributed by atoms with Gasteiger partial charge in [-0.05, 0) is 11.4 Å². The fourth-order valence-corrected chi connectivity index (χ4v) is 2.22. The highest BCUT2D eigenvalue weighted by molar-refractivity contribution is 7.12. The smallest absolute Gasteiger partial charge is 0.264 e. The molecule has 0 aliphatic rings. The van der Waals surface area contributed by atoms with E-state index in [-0.39, 0.29) is 18.4 Å². The number of aromatic nitrogens is 2. The predicted octanol–water partition coefficient (Wildman–Crippen LogP) is 0.860. The van der Waals surface area contributed by atoms with Crippen LogP contribution in [0.2, 0.25) is 0 Å². The third-order valence-corrected chi connectivity index (χ3v) is 3.35. The normalized spacial score (nSPS) is 10.2. The summed E-state index contributed by atoms with van der Waals surface area (Å²) < 4.78 is 0. The zero-order valence-electron chi connectivity index (χ0n) is 10.4. The Morgan fingerprint density at radius 2 is 2.37 bits per heavy atom. The second-order valence-corrected chi connectivity index (χ2v) is 4.94. The van der Waals surface area contributed by atoms with E-state index in [0.717, 1.165) is 5.69 Å². The summed E-state index contributed by atoms with van der Waals surface area (Å²) in [6, 6.07) is 3.55. The number of H-pyrrole nitrogens is 1. The second-order valence-electron chi connectivity index (χ2n) is 3.99. The van der Waals surface area contributed by atoms with E-state index in [1.54, 1.807) is 25.6 Å². The van der Waals surface area contributed by atoms with Crippen LogP contribution in [0.5, 0.6) is 0 Å². The summed E-state index contributed by atoms with van der Waals surface area (Å²) in [6.07, 6.45) is 3.19. The maximum Gasteiger partial charge on any atom is 0.264 e. The summed E-state index contributed by atoms with van der Waals surface area (Å²) in [6.45, 7) is 0.407. The van der Waals surface area contributed by atoms with Crippen molar-refractivity contribution in [2.45, 2.75) is 6.54 Å². The Balaban J connectivity index is 1.80. The summed E-state index contributed by atoms with van der Waals surface area (Å²) in [4.78, 5) is 32.4. The molecule has 2 N–H and O–H groups in total. The van der Waals surface area contributed by atoms with Gasteiger partial charge >= 0.3 is 0 Å². The minimum absolute atomic E-state index is 0.0326. The van der Waals surface area contributed by atoms with E-state index >= 15 is 0 Å². The molecule has 7 heteroatoms. The Hall–Kier alpha value is -2.15. The van der Waals surface area contributed by atoms with E-state index in [2.05, 4.69) is 15.3 Å². The molecule has 0 aromatic carbocycles. The molecule has 0 unspecified atom stereocenters. The van der Waals surface area contributed by atoms with Crippen LogP contribution >= 0.6 is 11.3 Å². The van der Waals surface area contributed by atoms with Crippen LogP contribution in [-0.4, -0.2) is 40.3 Å². The first-order valence-electron chi connectivity index (χ1n) is 5.69. The third kappa shape index (κ3) is 3.65. The highest BCUT2D eigenvalue weighted by Crippen LogP contribution is 2.10. The topological polar surface area (TPSA) is 78.1 Å². The minimum atomic E-state index is -0.206. The van der Waals surface area contributed by atoms with Crippen molar-refractivity contribution in [1.29, 1.82) is 0 Å². The van der Waals surface area contributed by atoms with E-state index in [1.807, 2.05) is 11.4 Å². The Bertz CT molecular complexity index is 536. The molecule has 6 nitrogen and oxygen atoms in total. The molecule has 2 rings (SSSR count). The number of carbonyl (C=O) groups excluding carboxylic acids is 2. The minimum Gasteiger partial charge on any atom is -0.349 e. The number of thiophene rings is 1. The van der Waals surface area contributed by atoms with Crippen LogP contribution < -0.4 is 5.32 Å². The fourth-order valence-electron chi connectivity index (χ4n) is 1.51. The van der Waals surface area contributed by atoms with E-state index in [9.17, 15) is 9.59 Å². The quantitative estimate of drug-likeness (QED) is 0.851. The number of hydrogen-bond acceptors (Lipinski definition) is 4. The van der Waals surface area contributed by atoms with Crippen molar-refractivity contribution in [2.75, 3.05) is 13.6 Å². The molecule has 0 saturated heterocycles. The van der Waals surface area contributed by atoms with Crippen LogP contribution in [0.3, 0.4) is 0 Å². The van der Waals surface area contributed by atoms with Crippen LogP contribution in [0.4, 0.5) is 0 Å². The van der Waals surface area contributed by atoms with Gasteiger partial charge in [0.25, 0.3) is 5.91 Å². The molecule has 0 saturated carbocycles. The number of carbonyl (C=O) groups is 2. The first-order chi connectivity index (χ1) is 9.16. The monoisotopic (exact) mass is 278 g/mol. The lowest BCUT2D eigenvalue weighted by molar-refractivity contribution is -0.121. The number of amides is 2. The molecule has 0 fully saturated rings. The van der Waals surface area contributed by atoms with Crippen LogP contribution in [0.25, 0.3) is 0 Å². The molecule has 2 aromatic rings. The predicted molar refractivity (Wildman–Crippen MR) is 71.7 cm³/mol. The highest BCUT2D eigenvalue weighted by Gasteiger charge is 2.15. The van der Waals surface area contributed by atoms with Crippen LogP contribution in [-0.2, 0) is 11.3 Å². The van der Waals surface area contributed by atoms with Crippen molar-refractivity contribution in [3.05, 3.63) is 40.6 Å². The van der Waals surface area contributed by atoms with E-state index in [0.29, 0.717) is 11.4 Å². The molecule has 2 amide bonds. The summed E-state index contributed by atoms with van der Waals surface area (Å²) in [7, 11) is 1.61. The maximum absolute atomic E-state index is 11.9. The van der Waals surface area contributed by atoms with Crippen molar-refractivity contribution in [2.24, 2.45) is 0 Å². The van der Waals surface area contributed by atoms with E-state index in [4.69, 9.17) is 0 Å². The number of imidazole rings is 1. The molecular formula is C12H14N4O2S. The molecule has 0 atom stereocenters. The van der Waals surface area contributed by atoms with Gasteiger partial charge in [-0.25, -0.2) is 4.98 Å². The summed E-state index contributed by atoms with van der Waals surface area (Å²) in [5.41, 5.74) is 0.820. The Morgan fingerprint density at radius 1 is 1.53 bits per heavy atom. The first-order valence-corrected chi connectivity index (χ1v) is 6.57. The molecule has 0 bridgehead atoms. The number of nitrogens with zero attached hydrogens (tertiary/aromatic N) is 2. The van der Waals surface area contributed by atoms with Crippen LogP contribution in [0, 0.1) is 0 Å². The van der Waals surface area contributed by atoms with Gasteiger partial charge in [0.15, 0.2) is 0 Å². The average Bonchev–Trinajstić information content (AvgIpc) is 3.08. The standard InChI is InChI=1S/C12H14N4O2S/c1-16(12(18)10-3-2-4-19-10)7-11(17)14-6-9-5-13-8-15-9/h2-5,8H,6-7H2,1H3,(H,13,15)(H,14,17). The second kappa shape index (κ2) is 6.14. The number of aromatic amines is 1. The Morgan fingerprint density at radius 3 is 3.00 bits per heavy atom. The lowest BCUT2D eigenvalue weighted by Crippen LogP contribution is -2.37. The van der Waals surface area contributed by atoms with Gasteiger partial charge in [0.05, 0.1) is 30.0 Å². The number of nitrogens with one attached hydrogen (secondary N) is 2. The molecule has 0 aliphatic heterocycles. The number of rotatable bonds is 5. The molecule has 2 aromatic heterocycles. The number of hydrogen-bond donors (Lipinski definition) is 2. The van der Waals surface area contributed by atoms with Gasteiger partial charge in [-0.2, -0.15) is 0 Å². The van der Waals surface area contributed by atoms with Gasteiger partial charge in [-0.3, -0.25) is 9.59 Å². The van der Waals surface area contributed by atoms with Gasteiger partial charge in [0, 0.05) is 13.2 Å². The molecule has 19 heavy (non-hydrogen) atoms. The zero-order valence-corrected chi connectivity index (χ0v) is 11.2. The van der Waals surface area contributed by atoms with Crippen LogP contribution in [0.15, 0.2) is 30.0 Å². The molecule has 2 heterocycles. The molecular weight excluding hydrogens is 264 g/mol. The summed E-state index contributed by atoms with van der Waals surface area (Å²) in [5.74, 6) is -0.353. The van der Waals surface area contributed by atoms with Crippen LogP contribution in [0.1, 0.15) is 15.4 Å². The van der Waals surface area contributed by atoms with Gasteiger partial charge in [-0.15, -0.1) is 11.3 Å².